The molecule has 0 spiro atoms. The van der Waals surface area contributed by atoms with E-state index in [9.17, 15) is 0 Å². The molecule has 2 heterocycles. The van der Waals surface area contributed by atoms with Gasteiger partial charge in [-0.15, -0.1) is 0 Å². The van der Waals surface area contributed by atoms with Crippen LogP contribution in [-0.4, -0.2) is 60.7 Å². The van der Waals surface area contributed by atoms with Gasteiger partial charge in [-0.2, -0.15) is 0 Å². The molecule has 3 rings (SSSR count). The third kappa shape index (κ3) is 5.34. The van der Waals surface area contributed by atoms with Crippen LogP contribution in [0.15, 0.2) is 47.6 Å². The predicted octanol–water partition coefficient (Wildman–Crippen LogP) is 2.06. The van der Waals surface area contributed by atoms with E-state index in [4.69, 9.17) is 4.74 Å². The van der Waals surface area contributed by atoms with E-state index in [0.29, 0.717) is 0 Å². The largest absolute Gasteiger partial charge is 0.379 e. The fourth-order valence-corrected chi connectivity index (χ4v) is 3.42. The second kappa shape index (κ2) is 9.58. The van der Waals surface area contributed by atoms with Crippen molar-refractivity contribution in [3.05, 3.63) is 59.4 Å². The summed E-state index contributed by atoms with van der Waals surface area (Å²) in [5.41, 5.74) is 3.94. The van der Waals surface area contributed by atoms with Crippen LogP contribution in [0, 0.1) is 0 Å². The number of aliphatic imine (C=N–C) groups is 1. The highest BCUT2D eigenvalue weighted by atomic mass is 16.5. The third-order valence-corrected chi connectivity index (χ3v) is 5.08. The zero-order chi connectivity index (χ0) is 19.1. The minimum Gasteiger partial charge on any atom is -0.379 e. The van der Waals surface area contributed by atoms with Crippen molar-refractivity contribution < 1.29 is 4.74 Å². The molecule has 2 aromatic rings. The Morgan fingerprint density at radius 3 is 2.56 bits per heavy atom. The Balaban J connectivity index is 1.60. The Labute approximate surface area is 162 Å². The van der Waals surface area contributed by atoms with E-state index in [-0.39, 0.29) is 0 Å². The van der Waals surface area contributed by atoms with Gasteiger partial charge in [-0.25, -0.2) is 0 Å². The number of aryl methyl sites for hydroxylation is 1. The maximum absolute atomic E-state index is 5.46. The van der Waals surface area contributed by atoms with E-state index in [2.05, 4.69) is 81.4 Å². The van der Waals surface area contributed by atoms with Gasteiger partial charge in [0.05, 0.1) is 19.8 Å². The summed E-state index contributed by atoms with van der Waals surface area (Å²) in [7, 11) is 5.98. The van der Waals surface area contributed by atoms with Crippen molar-refractivity contribution in [2.24, 2.45) is 12.0 Å². The van der Waals surface area contributed by atoms with Crippen LogP contribution in [0.2, 0.25) is 0 Å². The second-order valence-electron chi connectivity index (χ2n) is 7.02. The number of hydrogen-bond acceptors (Lipinski definition) is 3. The number of nitrogens with zero attached hydrogens (tertiary/aromatic N) is 4. The van der Waals surface area contributed by atoms with Crippen molar-refractivity contribution in [3.63, 3.8) is 0 Å². The van der Waals surface area contributed by atoms with E-state index in [1.807, 2.05) is 7.05 Å². The van der Waals surface area contributed by atoms with Gasteiger partial charge >= 0.3 is 0 Å². The average molecular weight is 370 g/mol. The van der Waals surface area contributed by atoms with Crippen molar-refractivity contribution in [1.29, 1.82) is 0 Å². The van der Waals surface area contributed by atoms with Crippen LogP contribution in [0.1, 0.15) is 16.8 Å². The Hall–Kier alpha value is -2.31. The molecule has 0 atom stereocenters. The van der Waals surface area contributed by atoms with E-state index in [1.165, 1.54) is 16.8 Å². The Morgan fingerprint density at radius 1 is 1.15 bits per heavy atom. The summed E-state index contributed by atoms with van der Waals surface area (Å²) in [5.74, 6) is 0.900. The lowest BCUT2D eigenvalue weighted by Crippen LogP contribution is -2.39. The molecule has 0 unspecified atom stereocenters. The number of nitrogens with one attached hydrogen (secondary N) is 1. The van der Waals surface area contributed by atoms with E-state index in [1.54, 1.807) is 0 Å². The van der Waals surface area contributed by atoms with Crippen LogP contribution >= 0.6 is 0 Å². The molecule has 1 aromatic carbocycles. The van der Waals surface area contributed by atoms with Gasteiger partial charge in [0.1, 0.15) is 0 Å². The molecule has 0 aliphatic carbocycles. The summed E-state index contributed by atoms with van der Waals surface area (Å²) in [6, 6.07) is 12.9. The first kappa shape index (κ1) is 19.5. The minimum atomic E-state index is 0.769. The average Bonchev–Trinajstić information content (AvgIpc) is 3.09. The number of rotatable bonds is 6. The lowest BCUT2D eigenvalue weighted by molar-refractivity contribution is 0.0341. The molecule has 1 aliphatic rings. The van der Waals surface area contributed by atoms with Gasteiger partial charge in [0, 0.05) is 59.2 Å². The van der Waals surface area contributed by atoms with Gasteiger partial charge in [-0.1, -0.05) is 24.3 Å². The van der Waals surface area contributed by atoms with Crippen molar-refractivity contribution in [3.8, 4) is 0 Å². The summed E-state index contributed by atoms with van der Waals surface area (Å²) in [6.45, 7) is 6.22. The number of hydrogen-bond donors (Lipinski definition) is 1. The quantitative estimate of drug-likeness (QED) is 0.625. The molecule has 1 aromatic heterocycles. The number of aromatic nitrogens is 1. The topological polar surface area (TPSA) is 45.0 Å². The summed E-state index contributed by atoms with van der Waals surface area (Å²) < 4.78 is 7.60. The Bertz CT molecular complexity index is 749. The molecule has 0 saturated carbocycles. The fourth-order valence-electron chi connectivity index (χ4n) is 3.42. The predicted molar refractivity (Wildman–Crippen MR) is 110 cm³/mol. The summed E-state index contributed by atoms with van der Waals surface area (Å²) in [4.78, 5) is 9.06. The number of ether oxygens (including phenoxy) is 1. The normalized spacial score (nSPS) is 15.7. The number of guanidine groups is 1. The van der Waals surface area contributed by atoms with Crippen molar-refractivity contribution in [2.45, 2.75) is 19.6 Å². The standard InChI is InChI=1S/C21H31N5O/c1-22-21(25(3)17-20-9-6-10-24(20)2)23-15-18-7-4-5-8-19(18)16-26-11-13-27-14-12-26/h4-10H,11-17H2,1-3H3,(H,22,23). The first-order chi connectivity index (χ1) is 13.2. The maximum Gasteiger partial charge on any atom is 0.194 e. The van der Waals surface area contributed by atoms with Gasteiger partial charge in [0.15, 0.2) is 5.96 Å². The van der Waals surface area contributed by atoms with E-state index in [0.717, 1.165) is 51.9 Å². The van der Waals surface area contributed by atoms with Gasteiger partial charge in [0.25, 0.3) is 0 Å². The Kier molecular flexibility index (Phi) is 6.90. The van der Waals surface area contributed by atoms with Crippen LogP contribution in [0.25, 0.3) is 0 Å². The zero-order valence-electron chi connectivity index (χ0n) is 16.7. The van der Waals surface area contributed by atoms with E-state index >= 15 is 0 Å². The molecule has 0 bridgehead atoms. The molecule has 6 heteroatoms. The maximum atomic E-state index is 5.46. The molecular weight excluding hydrogens is 338 g/mol. The highest BCUT2D eigenvalue weighted by Crippen LogP contribution is 2.13. The molecular formula is C21H31N5O. The first-order valence-corrected chi connectivity index (χ1v) is 9.56. The van der Waals surface area contributed by atoms with Gasteiger partial charge in [-0.05, 0) is 23.3 Å². The van der Waals surface area contributed by atoms with Crippen LogP contribution in [-0.2, 0) is 31.4 Å². The molecule has 1 saturated heterocycles. The third-order valence-electron chi connectivity index (χ3n) is 5.08. The Morgan fingerprint density at radius 2 is 1.89 bits per heavy atom. The smallest absolute Gasteiger partial charge is 0.194 e. The van der Waals surface area contributed by atoms with Crippen LogP contribution in [0.3, 0.4) is 0 Å². The first-order valence-electron chi connectivity index (χ1n) is 9.56. The minimum absolute atomic E-state index is 0.769. The van der Waals surface area contributed by atoms with Gasteiger partial charge < -0.3 is 19.5 Å². The molecule has 146 valence electrons. The molecule has 6 nitrogen and oxygen atoms in total. The molecule has 0 amide bonds. The van der Waals surface area contributed by atoms with Crippen molar-refractivity contribution >= 4 is 5.96 Å². The molecule has 1 N–H and O–H groups in total. The lowest BCUT2D eigenvalue weighted by atomic mass is 10.1. The van der Waals surface area contributed by atoms with Crippen LogP contribution in [0.4, 0.5) is 0 Å². The van der Waals surface area contributed by atoms with Gasteiger partial charge in [-0.3, -0.25) is 9.89 Å². The summed E-state index contributed by atoms with van der Waals surface area (Å²) >= 11 is 0. The fraction of sp³-hybridized carbons (Fsp3) is 0.476. The monoisotopic (exact) mass is 369 g/mol. The number of benzene rings is 1. The molecule has 1 fully saturated rings. The van der Waals surface area contributed by atoms with Crippen LogP contribution < -0.4 is 5.32 Å². The molecule has 0 radical (unpaired) electrons. The molecule has 27 heavy (non-hydrogen) atoms. The van der Waals surface area contributed by atoms with Gasteiger partial charge in [0.2, 0.25) is 0 Å². The van der Waals surface area contributed by atoms with E-state index < -0.39 is 0 Å². The van der Waals surface area contributed by atoms with Crippen molar-refractivity contribution in [1.82, 2.24) is 19.7 Å². The zero-order valence-corrected chi connectivity index (χ0v) is 16.7. The summed E-state index contributed by atoms with van der Waals surface area (Å²) in [6.07, 6.45) is 2.07. The SMILES string of the molecule is CN=C(NCc1ccccc1CN1CCOCC1)N(C)Cc1cccn1C. The summed E-state index contributed by atoms with van der Waals surface area (Å²) in [5, 5.41) is 3.52. The van der Waals surface area contributed by atoms with Crippen molar-refractivity contribution in [2.75, 3.05) is 40.4 Å². The second-order valence-corrected chi connectivity index (χ2v) is 7.02. The highest BCUT2D eigenvalue weighted by molar-refractivity contribution is 5.79. The highest BCUT2D eigenvalue weighted by Gasteiger charge is 2.13. The number of morpholine rings is 1. The molecule has 1 aliphatic heterocycles. The van der Waals surface area contributed by atoms with Crippen LogP contribution in [0.5, 0.6) is 0 Å². The lowest BCUT2D eigenvalue weighted by Gasteiger charge is -2.28.